The normalized spacial score (nSPS) is 10.0. The van der Waals surface area contributed by atoms with Gasteiger partial charge in [0, 0.05) is 17.2 Å². The number of carbonyl (C=O) groups is 1. The van der Waals surface area contributed by atoms with Crippen molar-refractivity contribution < 1.29 is 19.2 Å². The molecule has 0 bridgehead atoms. The summed E-state index contributed by atoms with van der Waals surface area (Å²) in [6.07, 6.45) is 0. The number of nitro benzene ring substituents is 1. The first-order chi connectivity index (χ1) is 10.0. The second-order valence-electron chi connectivity index (χ2n) is 3.99. The highest BCUT2D eigenvalue weighted by atomic mass is 35.5. The van der Waals surface area contributed by atoms with Crippen LogP contribution in [0.25, 0.3) is 0 Å². The van der Waals surface area contributed by atoms with Gasteiger partial charge in [-0.15, -0.1) is 0 Å². The molecule has 0 saturated carbocycles. The smallest absolute Gasteiger partial charge is 0.347 e. The predicted molar refractivity (Wildman–Crippen MR) is 76.1 cm³/mol. The number of rotatable bonds is 4. The molecule has 0 N–H and O–H groups in total. The zero-order valence-corrected chi connectivity index (χ0v) is 11.7. The monoisotopic (exact) mass is 307 g/mol. The first-order valence-corrected chi connectivity index (χ1v) is 6.19. The third-order valence-electron chi connectivity index (χ3n) is 2.64. The van der Waals surface area contributed by atoms with Gasteiger partial charge in [-0.25, -0.2) is 4.79 Å². The van der Waals surface area contributed by atoms with Crippen LogP contribution < -0.4 is 9.47 Å². The largest absolute Gasteiger partial charge is 0.496 e. The third-order valence-corrected chi connectivity index (χ3v) is 2.87. The highest BCUT2D eigenvalue weighted by molar-refractivity contribution is 6.31. The fourth-order valence-corrected chi connectivity index (χ4v) is 1.81. The molecule has 108 valence electrons. The first kappa shape index (κ1) is 14.8. The zero-order valence-electron chi connectivity index (χ0n) is 10.9. The van der Waals surface area contributed by atoms with Crippen molar-refractivity contribution in [2.24, 2.45) is 0 Å². The van der Waals surface area contributed by atoms with Crippen molar-refractivity contribution in [2.45, 2.75) is 0 Å². The Morgan fingerprint density at radius 1 is 1.19 bits per heavy atom. The topological polar surface area (TPSA) is 78.7 Å². The van der Waals surface area contributed by atoms with E-state index in [1.165, 1.54) is 37.4 Å². The molecular weight excluding hydrogens is 298 g/mol. The summed E-state index contributed by atoms with van der Waals surface area (Å²) in [6.45, 7) is 0. The summed E-state index contributed by atoms with van der Waals surface area (Å²) in [5.41, 5.74) is 0.0819. The van der Waals surface area contributed by atoms with Gasteiger partial charge < -0.3 is 9.47 Å². The molecule has 0 atom stereocenters. The van der Waals surface area contributed by atoms with Crippen LogP contribution in [0.3, 0.4) is 0 Å². The van der Waals surface area contributed by atoms with E-state index in [9.17, 15) is 14.9 Å². The van der Waals surface area contributed by atoms with Gasteiger partial charge in [-0.1, -0.05) is 11.6 Å². The number of hydrogen-bond donors (Lipinski definition) is 0. The van der Waals surface area contributed by atoms with Crippen LogP contribution in [-0.2, 0) is 0 Å². The number of esters is 1. The summed E-state index contributed by atoms with van der Waals surface area (Å²) in [5, 5.41) is 10.9. The van der Waals surface area contributed by atoms with Crippen molar-refractivity contribution in [3.8, 4) is 11.5 Å². The quantitative estimate of drug-likeness (QED) is 0.374. The van der Waals surface area contributed by atoms with Gasteiger partial charge >= 0.3 is 5.97 Å². The Morgan fingerprint density at radius 2 is 1.86 bits per heavy atom. The van der Waals surface area contributed by atoms with Crippen LogP contribution in [0.15, 0.2) is 42.5 Å². The predicted octanol–water partition coefficient (Wildman–Crippen LogP) is 3.48. The minimum atomic E-state index is -0.664. The van der Waals surface area contributed by atoms with Crippen LogP contribution in [-0.4, -0.2) is 18.0 Å². The van der Waals surface area contributed by atoms with Crippen molar-refractivity contribution >= 4 is 23.3 Å². The Hall–Kier alpha value is -2.60. The number of ether oxygens (including phenoxy) is 2. The van der Waals surface area contributed by atoms with Crippen molar-refractivity contribution in [3.63, 3.8) is 0 Å². The van der Waals surface area contributed by atoms with Gasteiger partial charge in [-0.05, 0) is 30.3 Å². The van der Waals surface area contributed by atoms with Crippen LogP contribution in [0.1, 0.15) is 10.4 Å². The molecule has 2 aromatic rings. The van der Waals surface area contributed by atoms with E-state index >= 15 is 0 Å². The van der Waals surface area contributed by atoms with Crippen LogP contribution in [0.4, 0.5) is 5.69 Å². The fourth-order valence-electron chi connectivity index (χ4n) is 1.64. The van der Waals surface area contributed by atoms with Crippen LogP contribution in [0.5, 0.6) is 11.5 Å². The molecular formula is C14H10ClNO5. The Balaban J connectivity index is 2.21. The Labute approximate surface area is 125 Å². The molecule has 0 unspecified atom stereocenters. The lowest BCUT2D eigenvalue weighted by Gasteiger charge is -2.08. The highest BCUT2D eigenvalue weighted by Gasteiger charge is 2.16. The van der Waals surface area contributed by atoms with Gasteiger partial charge in [0.15, 0.2) is 0 Å². The second-order valence-corrected chi connectivity index (χ2v) is 4.42. The average Bonchev–Trinajstić information content (AvgIpc) is 2.47. The van der Waals surface area contributed by atoms with Crippen LogP contribution in [0, 0.1) is 10.1 Å². The van der Waals surface area contributed by atoms with Crippen molar-refractivity contribution in [3.05, 3.63) is 63.2 Å². The van der Waals surface area contributed by atoms with Crippen molar-refractivity contribution in [2.75, 3.05) is 7.11 Å². The lowest BCUT2D eigenvalue weighted by molar-refractivity contribution is -0.384. The van der Waals surface area contributed by atoms with Crippen molar-refractivity contribution in [1.29, 1.82) is 0 Å². The molecule has 0 amide bonds. The Morgan fingerprint density at radius 3 is 2.43 bits per heavy atom. The maximum absolute atomic E-state index is 12.1. The summed E-state index contributed by atoms with van der Waals surface area (Å²) in [7, 11) is 1.42. The maximum atomic E-state index is 12.1. The van der Waals surface area contributed by atoms with E-state index in [2.05, 4.69) is 0 Å². The summed E-state index contributed by atoms with van der Waals surface area (Å²) < 4.78 is 10.2. The number of benzene rings is 2. The zero-order chi connectivity index (χ0) is 15.4. The van der Waals surface area contributed by atoms with Gasteiger partial charge in [-0.2, -0.15) is 0 Å². The SMILES string of the molecule is COc1ccc(Cl)cc1C(=O)Oc1ccc([N+](=O)[O-])cc1. The van der Waals surface area contributed by atoms with E-state index in [4.69, 9.17) is 21.1 Å². The fraction of sp³-hybridized carbons (Fsp3) is 0.0714. The van der Waals surface area contributed by atoms with Crippen molar-refractivity contribution in [1.82, 2.24) is 0 Å². The lowest BCUT2D eigenvalue weighted by Crippen LogP contribution is -2.10. The number of halogens is 1. The number of carbonyl (C=O) groups excluding carboxylic acids is 1. The Kier molecular flexibility index (Phi) is 4.39. The van der Waals surface area contributed by atoms with Gasteiger partial charge in [0.2, 0.25) is 0 Å². The van der Waals surface area contributed by atoms with Crippen LogP contribution in [0.2, 0.25) is 5.02 Å². The highest BCUT2D eigenvalue weighted by Crippen LogP contribution is 2.25. The number of hydrogen-bond acceptors (Lipinski definition) is 5. The minimum absolute atomic E-state index is 0.0878. The number of nitrogens with zero attached hydrogens (tertiary/aromatic N) is 1. The van der Waals surface area contributed by atoms with E-state index < -0.39 is 10.9 Å². The number of non-ortho nitro benzene ring substituents is 1. The summed E-state index contributed by atoms with van der Waals surface area (Å²) in [4.78, 5) is 22.1. The van der Waals surface area contributed by atoms with Gasteiger partial charge in [-0.3, -0.25) is 10.1 Å². The van der Waals surface area contributed by atoms with Gasteiger partial charge in [0.05, 0.1) is 12.0 Å². The number of methoxy groups -OCH3 is 1. The van der Waals surface area contributed by atoms with Crippen LogP contribution >= 0.6 is 11.6 Å². The van der Waals surface area contributed by atoms with E-state index in [1.54, 1.807) is 12.1 Å². The van der Waals surface area contributed by atoms with E-state index in [1.807, 2.05) is 0 Å². The minimum Gasteiger partial charge on any atom is -0.496 e. The Bertz CT molecular complexity index is 684. The molecule has 0 aliphatic carbocycles. The standard InChI is InChI=1S/C14H10ClNO5/c1-20-13-7-2-9(15)8-12(13)14(17)21-11-5-3-10(4-6-11)16(18)19/h2-8H,1H3. The molecule has 0 saturated heterocycles. The molecule has 0 aromatic heterocycles. The molecule has 6 nitrogen and oxygen atoms in total. The molecule has 0 aliphatic heterocycles. The average molecular weight is 308 g/mol. The molecule has 0 radical (unpaired) electrons. The van der Waals surface area contributed by atoms with E-state index in [0.29, 0.717) is 10.8 Å². The molecule has 7 heteroatoms. The number of nitro groups is 1. The molecule has 2 aromatic carbocycles. The van der Waals surface area contributed by atoms with E-state index in [-0.39, 0.29) is 17.0 Å². The van der Waals surface area contributed by atoms with Gasteiger partial charge in [0.25, 0.3) is 5.69 Å². The molecule has 0 aliphatic rings. The summed E-state index contributed by atoms with van der Waals surface area (Å²) in [5.74, 6) is -0.151. The van der Waals surface area contributed by atoms with Gasteiger partial charge in [0.1, 0.15) is 17.1 Å². The molecule has 0 heterocycles. The molecule has 2 rings (SSSR count). The second kappa shape index (κ2) is 6.23. The lowest BCUT2D eigenvalue weighted by atomic mass is 10.2. The maximum Gasteiger partial charge on any atom is 0.347 e. The summed E-state index contributed by atoms with van der Waals surface area (Å²) in [6, 6.07) is 9.74. The van der Waals surface area contributed by atoms with E-state index in [0.717, 1.165) is 0 Å². The third kappa shape index (κ3) is 3.49. The first-order valence-electron chi connectivity index (χ1n) is 5.81. The summed E-state index contributed by atoms with van der Waals surface area (Å²) >= 11 is 5.84. The molecule has 0 spiro atoms. The molecule has 0 fully saturated rings. The molecule has 21 heavy (non-hydrogen) atoms.